The Balaban J connectivity index is 1.60. The molecule has 3 aliphatic heterocycles. The second-order valence-electron chi connectivity index (χ2n) is 7.85. The molecule has 2 aromatic rings. The molecule has 0 unspecified atom stereocenters. The number of likely N-dealkylation sites (tertiary alicyclic amines) is 1. The molecule has 0 aromatic heterocycles. The lowest BCUT2D eigenvalue weighted by molar-refractivity contribution is -0.148. The molecule has 3 heterocycles. The van der Waals surface area contributed by atoms with Crippen LogP contribution in [-0.2, 0) is 0 Å². The van der Waals surface area contributed by atoms with Crippen molar-refractivity contribution >= 4 is 21.6 Å². The first-order valence-electron chi connectivity index (χ1n) is 9.77. The van der Waals surface area contributed by atoms with Gasteiger partial charge in [-0.1, -0.05) is 40.2 Å². The fourth-order valence-corrected chi connectivity index (χ4v) is 4.81. The molecule has 1 fully saturated rings. The minimum Gasteiger partial charge on any atom is -0.493 e. The Morgan fingerprint density at radius 3 is 2.61 bits per heavy atom. The SMILES string of the molecule is COc1cccc2c1OC1(CCN(C)CC1)N1N=C(c3ccc(Br)cc3)C[C@H]21. The maximum absolute atomic E-state index is 6.71. The van der Waals surface area contributed by atoms with E-state index in [1.54, 1.807) is 7.11 Å². The minimum atomic E-state index is -0.407. The molecule has 0 amide bonds. The summed E-state index contributed by atoms with van der Waals surface area (Å²) in [5.41, 5.74) is 3.05. The summed E-state index contributed by atoms with van der Waals surface area (Å²) in [5, 5.41) is 7.37. The highest BCUT2D eigenvalue weighted by Crippen LogP contribution is 2.52. The van der Waals surface area contributed by atoms with Gasteiger partial charge in [-0.2, -0.15) is 5.10 Å². The summed E-state index contributed by atoms with van der Waals surface area (Å²) < 4.78 is 13.4. The zero-order chi connectivity index (χ0) is 19.3. The van der Waals surface area contributed by atoms with Crippen LogP contribution in [0.15, 0.2) is 52.0 Å². The number of piperidine rings is 1. The van der Waals surface area contributed by atoms with Crippen LogP contribution in [0.1, 0.15) is 36.4 Å². The Morgan fingerprint density at radius 1 is 1.14 bits per heavy atom. The van der Waals surface area contributed by atoms with Gasteiger partial charge in [0.2, 0.25) is 5.72 Å². The quantitative estimate of drug-likeness (QED) is 0.690. The summed E-state index contributed by atoms with van der Waals surface area (Å²) in [6, 6.07) is 14.8. The van der Waals surface area contributed by atoms with Crippen molar-refractivity contribution in [2.45, 2.75) is 31.0 Å². The molecule has 0 bridgehead atoms. The maximum atomic E-state index is 6.71. The topological polar surface area (TPSA) is 37.3 Å². The number of fused-ring (bicyclic) bond motifs is 4. The molecule has 6 heteroatoms. The van der Waals surface area contributed by atoms with E-state index < -0.39 is 5.72 Å². The van der Waals surface area contributed by atoms with Gasteiger partial charge >= 0.3 is 0 Å². The zero-order valence-electron chi connectivity index (χ0n) is 16.2. The number of benzene rings is 2. The van der Waals surface area contributed by atoms with Crippen molar-refractivity contribution in [1.29, 1.82) is 0 Å². The average Bonchev–Trinajstić information content (AvgIpc) is 3.17. The largest absolute Gasteiger partial charge is 0.493 e. The summed E-state index contributed by atoms with van der Waals surface area (Å²) in [6.07, 6.45) is 2.73. The lowest BCUT2D eigenvalue weighted by Gasteiger charge is -2.50. The molecule has 1 atom stereocenters. The second-order valence-corrected chi connectivity index (χ2v) is 8.76. The highest BCUT2D eigenvalue weighted by molar-refractivity contribution is 9.10. The van der Waals surface area contributed by atoms with Gasteiger partial charge in [-0.25, -0.2) is 5.01 Å². The predicted molar refractivity (Wildman–Crippen MR) is 113 cm³/mol. The van der Waals surface area contributed by atoms with Gasteiger partial charge in [-0.15, -0.1) is 0 Å². The Labute approximate surface area is 174 Å². The summed E-state index contributed by atoms with van der Waals surface area (Å²) >= 11 is 3.53. The number of para-hydroxylation sites is 1. The Morgan fingerprint density at radius 2 is 1.89 bits per heavy atom. The number of methoxy groups -OCH3 is 1. The van der Waals surface area contributed by atoms with E-state index in [1.165, 1.54) is 11.1 Å². The average molecular weight is 442 g/mol. The molecular formula is C22H24BrN3O2. The van der Waals surface area contributed by atoms with Gasteiger partial charge < -0.3 is 14.4 Å². The van der Waals surface area contributed by atoms with Crippen LogP contribution in [0, 0.1) is 0 Å². The van der Waals surface area contributed by atoms with E-state index in [-0.39, 0.29) is 6.04 Å². The molecule has 0 aliphatic carbocycles. The lowest BCUT2D eigenvalue weighted by Crippen LogP contribution is -2.58. The van der Waals surface area contributed by atoms with Crippen molar-refractivity contribution in [3.63, 3.8) is 0 Å². The smallest absolute Gasteiger partial charge is 0.200 e. The third kappa shape index (κ3) is 2.81. The standard InChI is InChI=1S/C22H24BrN3O2/c1-25-12-10-22(11-13-25)26-19(17-4-3-5-20(27-2)21(17)28-22)14-18(24-26)15-6-8-16(23)9-7-15/h3-9,19H,10-14H2,1-2H3/t19-/m1/s1. The van der Waals surface area contributed by atoms with Crippen molar-refractivity contribution in [3.8, 4) is 11.5 Å². The van der Waals surface area contributed by atoms with Crippen LogP contribution in [0.3, 0.4) is 0 Å². The van der Waals surface area contributed by atoms with E-state index in [1.807, 2.05) is 12.1 Å². The van der Waals surface area contributed by atoms with Gasteiger partial charge in [0.15, 0.2) is 11.5 Å². The molecule has 28 heavy (non-hydrogen) atoms. The maximum Gasteiger partial charge on any atom is 0.200 e. The Bertz CT molecular complexity index is 920. The number of halogens is 1. The molecule has 146 valence electrons. The van der Waals surface area contributed by atoms with Crippen molar-refractivity contribution in [2.24, 2.45) is 5.10 Å². The van der Waals surface area contributed by atoms with Crippen LogP contribution in [0.4, 0.5) is 0 Å². The highest BCUT2D eigenvalue weighted by Gasteiger charge is 2.52. The first kappa shape index (κ1) is 18.0. The molecule has 5 nitrogen and oxygen atoms in total. The fourth-order valence-electron chi connectivity index (χ4n) is 4.55. The summed E-state index contributed by atoms with van der Waals surface area (Å²) in [7, 11) is 3.88. The van der Waals surface area contributed by atoms with Crippen molar-refractivity contribution in [3.05, 3.63) is 58.1 Å². The van der Waals surface area contributed by atoms with Gasteiger partial charge in [-0.05, 0) is 30.8 Å². The molecule has 0 N–H and O–H groups in total. The highest BCUT2D eigenvalue weighted by atomic mass is 79.9. The molecule has 0 saturated carbocycles. The number of rotatable bonds is 2. The fraction of sp³-hybridized carbons (Fsp3) is 0.409. The summed E-state index contributed by atoms with van der Waals surface area (Å²) in [5.74, 6) is 1.70. The monoisotopic (exact) mass is 441 g/mol. The Kier molecular flexibility index (Phi) is 4.36. The lowest BCUT2D eigenvalue weighted by atomic mass is 9.90. The minimum absolute atomic E-state index is 0.181. The second kappa shape index (κ2) is 6.78. The van der Waals surface area contributed by atoms with Crippen molar-refractivity contribution in [1.82, 2.24) is 9.91 Å². The van der Waals surface area contributed by atoms with Gasteiger partial charge in [0, 0.05) is 42.4 Å². The van der Waals surface area contributed by atoms with Gasteiger partial charge in [-0.3, -0.25) is 0 Å². The zero-order valence-corrected chi connectivity index (χ0v) is 17.8. The van der Waals surface area contributed by atoms with Crippen molar-refractivity contribution in [2.75, 3.05) is 27.2 Å². The first-order chi connectivity index (χ1) is 13.6. The van der Waals surface area contributed by atoms with E-state index in [2.05, 4.69) is 63.2 Å². The predicted octanol–water partition coefficient (Wildman–Crippen LogP) is 4.42. The molecule has 3 aliphatic rings. The van der Waals surface area contributed by atoms with Crippen LogP contribution in [-0.4, -0.2) is 48.6 Å². The van der Waals surface area contributed by atoms with Crippen LogP contribution >= 0.6 is 15.9 Å². The van der Waals surface area contributed by atoms with E-state index in [0.717, 1.165) is 54.0 Å². The molecule has 0 radical (unpaired) electrons. The number of hydrogen-bond acceptors (Lipinski definition) is 5. The molecule has 1 saturated heterocycles. The number of ether oxygens (including phenoxy) is 2. The first-order valence-corrected chi connectivity index (χ1v) is 10.6. The third-order valence-corrected chi connectivity index (χ3v) is 6.68. The van der Waals surface area contributed by atoms with E-state index in [4.69, 9.17) is 14.6 Å². The van der Waals surface area contributed by atoms with E-state index in [0.29, 0.717) is 0 Å². The third-order valence-electron chi connectivity index (χ3n) is 6.15. The van der Waals surface area contributed by atoms with Crippen LogP contribution in [0.25, 0.3) is 0 Å². The van der Waals surface area contributed by atoms with Crippen LogP contribution < -0.4 is 9.47 Å². The number of nitrogens with zero attached hydrogens (tertiary/aromatic N) is 3. The van der Waals surface area contributed by atoms with Gasteiger partial charge in [0.1, 0.15) is 0 Å². The number of hydrogen-bond donors (Lipinski definition) is 0. The molecule has 1 spiro atoms. The van der Waals surface area contributed by atoms with Crippen LogP contribution in [0.5, 0.6) is 11.5 Å². The molecular weight excluding hydrogens is 418 g/mol. The van der Waals surface area contributed by atoms with E-state index in [9.17, 15) is 0 Å². The normalized spacial score (nSPS) is 23.0. The van der Waals surface area contributed by atoms with E-state index >= 15 is 0 Å². The summed E-state index contributed by atoms with van der Waals surface area (Å²) in [4.78, 5) is 2.36. The van der Waals surface area contributed by atoms with Gasteiger partial charge in [0.25, 0.3) is 0 Å². The van der Waals surface area contributed by atoms with Crippen molar-refractivity contribution < 1.29 is 9.47 Å². The molecule has 5 rings (SSSR count). The molecule has 2 aromatic carbocycles. The van der Waals surface area contributed by atoms with Crippen LogP contribution in [0.2, 0.25) is 0 Å². The van der Waals surface area contributed by atoms with Gasteiger partial charge in [0.05, 0.1) is 18.9 Å². The number of hydrazone groups is 1. The Hall–Kier alpha value is -2.05. The summed E-state index contributed by atoms with van der Waals surface area (Å²) in [6.45, 7) is 1.99.